The fraction of sp³-hybridized carbons (Fsp3) is 0.417. The van der Waals surface area contributed by atoms with Crippen LogP contribution < -0.4 is 5.32 Å². The summed E-state index contributed by atoms with van der Waals surface area (Å²) in [7, 11) is 0. The third-order valence-electron chi connectivity index (χ3n) is 2.71. The summed E-state index contributed by atoms with van der Waals surface area (Å²) in [6.45, 7) is 3.47. The normalized spacial score (nSPS) is 15.2. The lowest BCUT2D eigenvalue weighted by Crippen LogP contribution is -2.46. The van der Waals surface area contributed by atoms with Crippen LogP contribution in [-0.2, 0) is 11.2 Å². The van der Waals surface area contributed by atoms with Gasteiger partial charge in [0.2, 0.25) is 5.91 Å². The van der Waals surface area contributed by atoms with E-state index in [-0.39, 0.29) is 18.3 Å². The summed E-state index contributed by atoms with van der Waals surface area (Å²) >= 11 is 3.41. The summed E-state index contributed by atoms with van der Waals surface area (Å²) in [5, 5.41) is 3.24. The van der Waals surface area contributed by atoms with Crippen molar-refractivity contribution < 1.29 is 4.79 Å². The lowest BCUT2D eigenvalue weighted by atomic mass is 10.1. The Labute approximate surface area is 116 Å². The number of piperazine rings is 1. The number of halogens is 2. The Bertz CT molecular complexity index is 381. The maximum Gasteiger partial charge on any atom is 0.227 e. The van der Waals surface area contributed by atoms with Gasteiger partial charge in [0.05, 0.1) is 6.42 Å². The van der Waals surface area contributed by atoms with Crippen LogP contribution in [0.5, 0.6) is 0 Å². The summed E-state index contributed by atoms with van der Waals surface area (Å²) in [6.07, 6.45) is 0.499. The molecule has 0 saturated carbocycles. The van der Waals surface area contributed by atoms with E-state index in [1.807, 2.05) is 29.2 Å². The molecule has 0 unspecified atom stereocenters. The van der Waals surface area contributed by atoms with Crippen molar-refractivity contribution in [1.82, 2.24) is 10.2 Å². The van der Waals surface area contributed by atoms with Crippen molar-refractivity contribution in [2.24, 2.45) is 0 Å². The number of rotatable bonds is 2. The van der Waals surface area contributed by atoms with Crippen LogP contribution in [-0.4, -0.2) is 37.0 Å². The first kappa shape index (κ1) is 14.5. The van der Waals surface area contributed by atoms with Gasteiger partial charge in [0.25, 0.3) is 0 Å². The van der Waals surface area contributed by atoms with E-state index >= 15 is 0 Å². The van der Waals surface area contributed by atoms with Crippen LogP contribution in [0.2, 0.25) is 0 Å². The smallest absolute Gasteiger partial charge is 0.227 e. The lowest BCUT2D eigenvalue weighted by molar-refractivity contribution is -0.131. The molecule has 17 heavy (non-hydrogen) atoms. The van der Waals surface area contributed by atoms with Gasteiger partial charge in [0, 0.05) is 30.7 Å². The van der Waals surface area contributed by atoms with Crippen LogP contribution in [0.4, 0.5) is 0 Å². The van der Waals surface area contributed by atoms with E-state index in [0.717, 1.165) is 36.2 Å². The van der Waals surface area contributed by atoms with Gasteiger partial charge in [-0.2, -0.15) is 0 Å². The van der Waals surface area contributed by atoms with Crippen molar-refractivity contribution in [2.75, 3.05) is 26.2 Å². The van der Waals surface area contributed by atoms with Crippen molar-refractivity contribution in [1.29, 1.82) is 0 Å². The second kappa shape index (κ2) is 6.99. The van der Waals surface area contributed by atoms with Crippen LogP contribution in [0.3, 0.4) is 0 Å². The highest BCUT2D eigenvalue weighted by Crippen LogP contribution is 2.12. The van der Waals surface area contributed by atoms with E-state index in [1.54, 1.807) is 0 Å². The lowest BCUT2D eigenvalue weighted by Gasteiger charge is -2.27. The Kier molecular flexibility index (Phi) is 5.95. The number of hydrogen-bond acceptors (Lipinski definition) is 2. The van der Waals surface area contributed by atoms with Crippen molar-refractivity contribution in [3.05, 3.63) is 34.3 Å². The highest BCUT2D eigenvalue weighted by Gasteiger charge is 2.16. The van der Waals surface area contributed by atoms with E-state index in [9.17, 15) is 4.79 Å². The second-order valence-corrected chi connectivity index (χ2v) is 4.85. The number of nitrogens with zero attached hydrogens (tertiary/aromatic N) is 1. The number of nitrogens with one attached hydrogen (secondary N) is 1. The minimum Gasteiger partial charge on any atom is -0.340 e. The maximum absolute atomic E-state index is 12.0. The number of amides is 1. The van der Waals surface area contributed by atoms with Gasteiger partial charge in [-0.15, -0.1) is 12.4 Å². The molecule has 0 bridgehead atoms. The van der Waals surface area contributed by atoms with Gasteiger partial charge in [0.15, 0.2) is 0 Å². The molecule has 1 N–H and O–H groups in total. The molecule has 0 atom stereocenters. The van der Waals surface area contributed by atoms with Crippen molar-refractivity contribution in [3.63, 3.8) is 0 Å². The maximum atomic E-state index is 12.0. The molecule has 1 aromatic rings. The largest absolute Gasteiger partial charge is 0.340 e. The zero-order valence-corrected chi connectivity index (χ0v) is 11.9. The van der Waals surface area contributed by atoms with Gasteiger partial charge in [0.1, 0.15) is 0 Å². The standard InChI is InChI=1S/C12H15BrN2O.ClH/c13-11-3-1-2-10(8-11)9-12(16)15-6-4-14-5-7-15;/h1-3,8,14H,4-7,9H2;1H. The molecule has 1 aliphatic heterocycles. The van der Waals surface area contributed by atoms with E-state index in [4.69, 9.17) is 0 Å². The van der Waals surface area contributed by atoms with Crippen LogP contribution in [0.25, 0.3) is 0 Å². The van der Waals surface area contributed by atoms with Crippen molar-refractivity contribution in [2.45, 2.75) is 6.42 Å². The Balaban J connectivity index is 0.00000144. The molecule has 2 rings (SSSR count). The molecular formula is C12H16BrClN2O. The van der Waals surface area contributed by atoms with Crippen molar-refractivity contribution >= 4 is 34.2 Å². The van der Waals surface area contributed by atoms with E-state index in [2.05, 4.69) is 21.2 Å². The van der Waals surface area contributed by atoms with Gasteiger partial charge in [-0.1, -0.05) is 28.1 Å². The molecule has 5 heteroatoms. The number of carbonyl (C=O) groups is 1. The number of benzene rings is 1. The highest BCUT2D eigenvalue weighted by atomic mass is 79.9. The molecule has 0 radical (unpaired) electrons. The molecule has 94 valence electrons. The molecule has 3 nitrogen and oxygen atoms in total. The van der Waals surface area contributed by atoms with E-state index in [1.165, 1.54) is 0 Å². The third-order valence-corrected chi connectivity index (χ3v) is 3.21. The van der Waals surface area contributed by atoms with Gasteiger partial charge < -0.3 is 10.2 Å². The fourth-order valence-corrected chi connectivity index (χ4v) is 2.29. The molecule has 1 heterocycles. The number of hydrogen-bond donors (Lipinski definition) is 1. The summed E-state index contributed by atoms with van der Waals surface area (Å²) in [4.78, 5) is 13.9. The predicted octanol–water partition coefficient (Wildman–Crippen LogP) is 1.85. The van der Waals surface area contributed by atoms with Crippen LogP contribution >= 0.6 is 28.3 Å². The summed E-state index contributed by atoms with van der Waals surface area (Å²) in [5.74, 6) is 0.222. The van der Waals surface area contributed by atoms with Gasteiger partial charge in [-0.05, 0) is 17.7 Å². The molecule has 0 aromatic heterocycles. The fourth-order valence-electron chi connectivity index (χ4n) is 1.85. The minimum absolute atomic E-state index is 0. The Hall–Kier alpha value is -0.580. The molecule has 1 aliphatic rings. The second-order valence-electron chi connectivity index (χ2n) is 3.94. The average Bonchev–Trinajstić information content (AvgIpc) is 2.30. The predicted molar refractivity (Wildman–Crippen MR) is 74.5 cm³/mol. The first-order valence-corrected chi connectivity index (χ1v) is 6.28. The Morgan fingerprint density at radius 2 is 2.06 bits per heavy atom. The molecule has 1 amide bonds. The first-order chi connectivity index (χ1) is 7.75. The van der Waals surface area contributed by atoms with Crippen LogP contribution in [0.15, 0.2) is 28.7 Å². The Morgan fingerprint density at radius 3 is 2.71 bits per heavy atom. The van der Waals surface area contributed by atoms with Gasteiger partial charge in [-0.3, -0.25) is 4.79 Å². The molecular weight excluding hydrogens is 304 g/mol. The third kappa shape index (κ3) is 4.30. The quantitative estimate of drug-likeness (QED) is 0.902. The average molecular weight is 320 g/mol. The number of carbonyl (C=O) groups excluding carboxylic acids is 1. The van der Waals surface area contributed by atoms with Gasteiger partial charge >= 0.3 is 0 Å². The molecule has 0 aliphatic carbocycles. The highest BCUT2D eigenvalue weighted by molar-refractivity contribution is 9.10. The topological polar surface area (TPSA) is 32.3 Å². The van der Waals surface area contributed by atoms with Gasteiger partial charge in [-0.25, -0.2) is 0 Å². The zero-order valence-electron chi connectivity index (χ0n) is 9.49. The van der Waals surface area contributed by atoms with Crippen LogP contribution in [0, 0.1) is 0 Å². The van der Waals surface area contributed by atoms with Crippen LogP contribution in [0.1, 0.15) is 5.56 Å². The zero-order chi connectivity index (χ0) is 11.4. The summed E-state index contributed by atoms with van der Waals surface area (Å²) in [5.41, 5.74) is 1.07. The van der Waals surface area contributed by atoms with Crippen molar-refractivity contribution in [3.8, 4) is 0 Å². The summed E-state index contributed by atoms with van der Waals surface area (Å²) < 4.78 is 1.03. The SMILES string of the molecule is Cl.O=C(Cc1cccc(Br)c1)N1CCNCC1. The molecule has 1 saturated heterocycles. The molecule has 0 spiro atoms. The van der Waals surface area contributed by atoms with E-state index < -0.39 is 0 Å². The minimum atomic E-state index is 0. The molecule has 1 aromatic carbocycles. The Morgan fingerprint density at radius 1 is 1.35 bits per heavy atom. The first-order valence-electron chi connectivity index (χ1n) is 5.48. The monoisotopic (exact) mass is 318 g/mol. The molecule has 1 fully saturated rings. The summed E-state index contributed by atoms with van der Waals surface area (Å²) in [6, 6.07) is 7.92. The van der Waals surface area contributed by atoms with E-state index in [0.29, 0.717) is 6.42 Å².